The zero-order valence-corrected chi connectivity index (χ0v) is 10.6. The number of benzene rings is 1. The summed E-state index contributed by atoms with van der Waals surface area (Å²) in [6.45, 7) is 2.82. The van der Waals surface area contributed by atoms with E-state index in [9.17, 15) is 5.11 Å². The fraction of sp³-hybridized carbons (Fsp3) is 0.364. The summed E-state index contributed by atoms with van der Waals surface area (Å²) in [7, 11) is 0. The molecule has 1 N–H and O–H groups in total. The quantitative estimate of drug-likeness (QED) is 0.843. The largest absolute Gasteiger partial charge is 0.506 e. The van der Waals surface area contributed by atoms with Crippen molar-refractivity contribution >= 4 is 29.4 Å². The Morgan fingerprint density at radius 1 is 1.29 bits per heavy atom. The lowest BCUT2D eigenvalue weighted by Crippen LogP contribution is -2.32. The van der Waals surface area contributed by atoms with Gasteiger partial charge in [-0.1, -0.05) is 23.2 Å². The molecule has 2 rings (SSSR count). The average molecular weight is 275 g/mol. The third-order valence-electron chi connectivity index (χ3n) is 2.41. The number of ether oxygens (including phenoxy) is 1. The molecular weight excluding hydrogens is 263 g/mol. The SMILES string of the molecule is Oc1c(Cl)cc(Cl)cc1C=NN1CCOCC1. The van der Waals surface area contributed by atoms with Crippen LogP contribution in [0.3, 0.4) is 0 Å². The van der Waals surface area contributed by atoms with Gasteiger partial charge in [0.25, 0.3) is 0 Å². The zero-order chi connectivity index (χ0) is 12.3. The Morgan fingerprint density at radius 3 is 2.71 bits per heavy atom. The Bertz CT molecular complexity index is 432. The molecule has 0 amide bonds. The third kappa shape index (κ3) is 3.25. The number of halogens is 2. The van der Waals surface area contributed by atoms with Gasteiger partial charge in [-0.15, -0.1) is 0 Å². The fourth-order valence-electron chi connectivity index (χ4n) is 1.50. The highest BCUT2D eigenvalue weighted by atomic mass is 35.5. The van der Waals surface area contributed by atoms with Crippen LogP contribution in [0.25, 0.3) is 0 Å². The number of nitrogens with zero attached hydrogens (tertiary/aromatic N) is 2. The molecule has 6 heteroatoms. The maximum atomic E-state index is 9.73. The minimum atomic E-state index is -0.00641. The first-order valence-electron chi connectivity index (χ1n) is 5.21. The number of phenols is 1. The topological polar surface area (TPSA) is 45.1 Å². The molecule has 0 aliphatic carbocycles. The molecule has 1 heterocycles. The van der Waals surface area contributed by atoms with Crippen LogP contribution in [-0.4, -0.2) is 42.6 Å². The third-order valence-corrected chi connectivity index (χ3v) is 2.91. The van der Waals surface area contributed by atoms with Crippen molar-refractivity contribution in [1.82, 2.24) is 5.01 Å². The van der Waals surface area contributed by atoms with Crippen molar-refractivity contribution in [3.05, 3.63) is 27.7 Å². The van der Waals surface area contributed by atoms with Crippen molar-refractivity contribution in [1.29, 1.82) is 0 Å². The molecule has 1 saturated heterocycles. The van der Waals surface area contributed by atoms with Crippen LogP contribution in [-0.2, 0) is 4.74 Å². The van der Waals surface area contributed by atoms with Crippen LogP contribution >= 0.6 is 23.2 Å². The summed E-state index contributed by atoms with van der Waals surface area (Å²) in [6, 6.07) is 3.11. The van der Waals surface area contributed by atoms with Crippen molar-refractivity contribution in [2.75, 3.05) is 26.3 Å². The highest BCUT2D eigenvalue weighted by Crippen LogP contribution is 2.30. The van der Waals surface area contributed by atoms with Crippen molar-refractivity contribution in [2.24, 2.45) is 5.10 Å². The number of morpholine rings is 1. The van der Waals surface area contributed by atoms with Gasteiger partial charge in [0, 0.05) is 10.6 Å². The number of hydrogen-bond donors (Lipinski definition) is 1. The van der Waals surface area contributed by atoms with E-state index in [1.165, 1.54) is 6.07 Å². The van der Waals surface area contributed by atoms with E-state index in [0.29, 0.717) is 23.8 Å². The standard InChI is InChI=1S/C11H12Cl2N2O2/c12-9-5-8(11(16)10(13)6-9)7-14-15-1-3-17-4-2-15/h5-7,16H,1-4H2. The van der Waals surface area contributed by atoms with Gasteiger partial charge in [-0.2, -0.15) is 5.10 Å². The molecule has 1 aromatic carbocycles. The maximum Gasteiger partial charge on any atom is 0.143 e. The first-order chi connectivity index (χ1) is 8.16. The highest BCUT2D eigenvalue weighted by molar-refractivity contribution is 6.36. The summed E-state index contributed by atoms with van der Waals surface area (Å²) in [6.07, 6.45) is 1.55. The molecule has 92 valence electrons. The molecule has 1 aliphatic rings. The van der Waals surface area contributed by atoms with Gasteiger partial charge in [-0.05, 0) is 12.1 Å². The maximum absolute atomic E-state index is 9.73. The number of hydrogen-bond acceptors (Lipinski definition) is 4. The van der Waals surface area contributed by atoms with E-state index in [4.69, 9.17) is 27.9 Å². The molecule has 17 heavy (non-hydrogen) atoms. The molecular formula is C11H12Cl2N2O2. The lowest BCUT2D eigenvalue weighted by Gasteiger charge is -2.23. The van der Waals surface area contributed by atoms with E-state index in [-0.39, 0.29) is 10.8 Å². The van der Waals surface area contributed by atoms with Crippen LogP contribution in [0.4, 0.5) is 0 Å². The van der Waals surface area contributed by atoms with Gasteiger partial charge in [0.05, 0.1) is 37.5 Å². The Balaban J connectivity index is 2.14. The summed E-state index contributed by atoms with van der Waals surface area (Å²) in [5.41, 5.74) is 0.508. The van der Waals surface area contributed by atoms with Crippen molar-refractivity contribution in [3.63, 3.8) is 0 Å². The molecule has 1 aromatic rings. The zero-order valence-electron chi connectivity index (χ0n) is 9.07. The van der Waals surface area contributed by atoms with E-state index < -0.39 is 0 Å². The molecule has 4 nitrogen and oxygen atoms in total. The van der Waals surface area contributed by atoms with E-state index >= 15 is 0 Å². The van der Waals surface area contributed by atoms with E-state index in [1.807, 2.05) is 5.01 Å². The summed E-state index contributed by atoms with van der Waals surface area (Å²) < 4.78 is 5.21. The van der Waals surface area contributed by atoms with Crippen LogP contribution in [0.2, 0.25) is 10.0 Å². The van der Waals surface area contributed by atoms with Crippen LogP contribution < -0.4 is 0 Å². The summed E-state index contributed by atoms with van der Waals surface area (Å²) in [5.74, 6) is -0.00641. The predicted octanol–water partition coefficient (Wildman–Crippen LogP) is 2.37. The molecule has 1 aliphatic heterocycles. The second-order valence-electron chi connectivity index (χ2n) is 3.64. The molecule has 0 bridgehead atoms. The fourth-order valence-corrected chi connectivity index (χ4v) is 2.01. The van der Waals surface area contributed by atoms with E-state index in [2.05, 4.69) is 5.10 Å². The molecule has 0 radical (unpaired) electrons. The van der Waals surface area contributed by atoms with Crippen LogP contribution in [0.1, 0.15) is 5.56 Å². The molecule has 1 fully saturated rings. The van der Waals surface area contributed by atoms with Gasteiger partial charge in [0.15, 0.2) is 0 Å². The smallest absolute Gasteiger partial charge is 0.143 e. The van der Waals surface area contributed by atoms with Gasteiger partial charge in [-0.3, -0.25) is 5.01 Å². The summed E-state index contributed by atoms with van der Waals surface area (Å²) in [5, 5.41) is 16.5. The Morgan fingerprint density at radius 2 is 2.00 bits per heavy atom. The number of aromatic hydroxyl groups is 1. The minimum absolute atomic E-state index is 0.00641. The van der Waals surface area contributed by atoms with E-state index in [1.54, 1.807) is 12.3 Å². The molecule has 0 spiro atoms. The molecule has 0 saturated carbocycles. The van der Waals surface area contributed by atoms with Crippen molar-refractivity contribution in [2.45, 2.75) is 0 Å². The van der Waals surface area contributed by atoms with Gasteiger partial charge in [0.2, 0.25) is 0 Å². The second-order valence-corrected chi connectivity index (χ2v) is 4.48. The first-order valence-corrected chi connectivity index (χ1v) is 5.97. The lowest BCUT2D eigenvalue weighted by molar-refractivity contribution is 0.0397. The summed E-state index contributed by atoms with van der Waals surface area (Å²) in [4.78, 5) is 0. The predicted molar refractivity (Wildman–Crippen MR) is 68.1 cm³/mol. The molecule has 0 aromatic heterocycles. The second kappa shape index (κ2) is 5.58. The molecule has 0 unspecified atom stereocenters. The van der Waals surface area contributed by atoms with Crippen molar-refractivity contribution in [3.8, 4) is 5.75 Å². The van der Waals surface area contributed by atoms with E-state index in [0.717, 1.165) is 13.1 Å². The van der Waals surface area contributed by atoms with Crippen LogP contribution in [0.5, 0.6) is 5.75 Å². The Kier molecular flexibility index (Phi) is 4.10. The van der Waals surface area contributed by atoms with Gasteiger partial charge < -0.3 is 9.84 Å². The number of rotatable bonds is 2. The number of hydrazone groups is 1. The normalized spacial score (nSPS) is 16.7. The lowest BCUT2D eigenvalue weighted by atomic mass is 10.2. The van der Waals surface area contributed by atoms with Gasteiger partial charge in [0.1, 0.15) is 5.75 Å². The van der Waals surface area contributed by atoms with Crippen molar-refractivity contribution < 1.29 is 9.84 Å². The van der Waals surface area contributed by atoms with Gasteiger partial charge >= 0.3 is 0 Å². The minimum Gasteiger partial charge on any atom is -0.506 e. The number of phenolic OH excluding ortho intramolecular Hbond substituents is 1. The Labute approximate surface area is 109 Å². The summed E-state index contributed by atoms with van der Waals surface area (Å²) >= 11 is 11.7. The monoisotopic (exact) mass is 274 g/mol. The average Bonchev–Trinajstić information content (AvgIpc) is 2.33. The highest BCUT2D eigenvalue weighted by Gasteiger charge is 2.09. The van der Waals surface area contributed by atoms with Gasteiger partial charge in [-0.25, -0.2) is 0 Å². The van der Waals surface area contributed by atoms with Crippen LogP contribution in [0.15, 0.2) is 17.2 Å². The first kappa shape index (κ1) is 12.5. The Hall–Kier alpha value is -0.970. The van der Waals surface area contributed by atoms with Crippen LogP contribution in [0, 0.1) is 0 Å². The molecule has 0 atom stereocenters.